The second-order valence-corrected chi connectivity index (χ2v) is 3.24. The van der Waals surface area contributed by atoms with Gasteiger partial charge in [0.2, 0.25) is 5.91 Å². The topological polar surface area (TPSA) is 46.6 Å². The number of methoxy groups -OCH3 is 1. The molecule has 1 rings (SSSR count). The van der Waals surface area contributed by atoms with E-state index in [0.29, 0.717) is 13.0 Å². The second kappa shape index (κ2) is 4.97. The van der Waals surface area contributed by atoms with Crippen LogP contribution in [0.15, 0.2) is 0 Å². The molecular weight excluding hydrogens is 170 g/mol. The summed E-state index contributed by atoms with van der Waals surface area (Å²) in [5.41, 5.74) is 0. The fraction of sp³-hybridized carbons (Fsp3) is 0.778. The maximum Gasteiger partial charge on any atom is 0.222 e. The lowest BCUT2D eigenvalue weighted by Crippen LogP contribution is -2.39. The molecule has 1 saturated heterocycles. The zero-order valence-electron chi connectivity index (χ0n) is 7.91. The van der Waals surface area contributed by atoms with Gasteiger partial charge in [0.15, 0.2) is 5.78 Å². The molecule has 0 saturated carbocycles. The van der Waals surface area contributed by atoms with Gasteiger partial charge in [-0.3, -0.25) is 9.59 Å². The molecule has 1 aliphatic heterocycles. The van der Waals surface area contributed by atoms with Crippen molar-refractivity contribution >= 4 is 11.7 Å². The van der Waals surface area contributed by atoms with Gasteiger partial charge in [-0.2, -0.15) is 0 Å². The van der Waals surface area contributed by atoms with Gasteiger partial charge < -0.3 is 9.64 Å². The molecule has 13 heavy (non-hydrogen) atoms. The van der Waals surface area contributed by atoms with Crippen LogP contribution in [0.3, 0.4) is 0 Å². The van der Waals surface area contributed by atoms with Crippen molar-refractivity contribution in [2.45, 2.75) is 19.3 Å². The molecule has 0 bridgehead atoms. The first-order valence-corrected chi connectivity index (χ1v) is 4.52. The number of rotatable bonds is 4. The van der Waals surface area contributed by atoms with Gasteiger partial charge in [0.1, 0.15) is 6.61 Å². The van der Waals surface area contributed by atoms with Gasteiger partial charge >= 0.3 is 0 Å². The fourth-order valence-corrected chi connectivity index (χ4v) is 1.45. The average molecular weight is 185 g/mol. The average Bonchev–Trinajstić information content (AvgIpc) is 2.09. The van der Waals surface area contributed by atoms with Crippen molar-refractivity contribution in [3.05, 3.63) is 0 Å². The van der Waals surface area contributed by atoms with Crippen LogP contribution in [0.4, 0.5) is 0 Å². The number of Topliss-reactive ketones (excluding diaryl/α,β-unsaturated/α-hetero) is 1. The molecule has 74 valence electrons. The number of hydrogen-bond acceptors (Lipinski definition) is 3. The Bertz CT molecular complexity index is 203. The summed E-state index contributed by atoms with van der Waals surface area (Å²) in [7, 11) is 1.48. The van der Waals surface area contributed by atoms with Gasteiger partial charge in [-0.25, -0.2) is 0 Å². The third kappa shape index (κ3) is 3.14. The number of likely N-dealkylation sites (tertiary alicyclic amines) is 1. The summed E-state index contributed by atoms with van der Waals surface area (Å²) in [6.07, 6.45) is 2.54. The Morgan fingerprint density at radius 1 is 1.54 bits per heavy atom. The van der Waals surface area contributed by atoms with E-state index in [0.717, 1.165) is 12.8 Å². The van der Waals surface area contributed by atoms with Crippen LogP contribution in [0.1, 0.15) is 19.3 Å². The highest BCUT2D eigenvalue weighted by Gasteiger charge is 2.19. The lowest BCUT2D eigenvalue weighted by atomic mass is 10.1. The number of carbonyl (C=O) groups excluding carboxylic acids is 2. The van der Waals surface area contributed by atoms with E-state index in [1.54, 1.807) is 4.90 Å². The number of ether oxygens (including phenoxy) is 1. The van der Waals surface area contributed by atoms with Crippen LogP contribution in [-0.2, 0) is 14.3 Å². The molecule has 0 aromatic carbocycles. The molecule has 0 spiro atoms. The first-order chi connectivity index (χ1) is 6.24. The van der Waals surface area contributed by atoms with Crippen LogP contribution < -0.4 is 0 Å². The number of carbonyl (C=O) groups is 2. The van der Waals surface area contributed by atoms with Crippen LogP contribution >= 0.6 is 0 Å². The van der Waals surface area contributed by atoms with Crippen LogP contribution in [0.5, 0.6) is 0 Å². The number of piperidine rings is 1. The van der Waals surface area contributed by atoms with Crippen LogP contribution in [-0.4, -0.2) is 43.4 Å². The normalized spacial score (nSPS) is 17.6. The van der Waals surface area contributed by atoms with Crippen molar-refractivity contribution in [2.24, 2.45) is 0 Å². The maximum absolute atomic E-state index is 11.3. The fourth-order valence-electron chi connectivity index (χ4n) is 1.45. The van der Waals surface area contributed by atoms with E-state index in [1.807, 2.05) is 0 Å². The quantitative estimate of drug-likeness (QED) is 0.629. The molecule has 1 heterocycles. The Morgan fingerprint density at radius 2 is 2.31 bits per heavy atom. The first kappa shape index (κ1) is 10.2. The minimum Gasteiger partial charge on any atom is -0.377 e. The molecule has 4 heteroatoms. The summed E-state index contributed by atoms with van der Waals surface area (Å²) >= 11 is 0. The molecule has 1 aliphatic rings. The highest BCUT2D eigenvalue weighted by Crippen LogP contribution is 2.09. The summed E-state index contributed by atoms with van der Waals surface area (Å²) in [6, 6.07) is 0. The number of hydrogen-bond donors (Lipinski definition) is 0. The number of ketones is 1. The summed E-state index contributed by atoms with van der Waals surface area (Å²) in [5.74, 6) is 0.0634. The Morgan fingerprint density at radius 3 is 2.92 bits per heavy atom. The summed E-state index contributed by atoms with van der Waals surface area (Å²) < 4.78 is 4.69. The van der Waals surface area contributed by atoms with Gasteiger partial charge in [-0.1, -0.05) is 0 Å². The van der Waals surface area contributed by atoms with E-state index in [-0.39, 0.29) is 24.8 Å². The highest BCUT2D eigenvalue weighted by molar-refractivity contribution is 5.87. The molecular formula is C9H15NO3. The third-order valence-corrected chi connectivity index (χ3v) is 2.09. The van der Waals surface area contributed by atoms with Gasteiger partial charge in [0.25, 0.3) is 0 Å². The molecule has 0 radical (unpaired) electrons. The molecule has 0 unspecified atom stereocenters. The number of nitrogens with zero attached hydrogens (tertiary/aromatic N) is 1. The molecule has 0 aliphatic carbocycles. The van der Waals surface area contributed by atoms with E-state index in [4.69, 9.17) is 4.74 Å². The van der Waals surface area contributed by atoms with Crippen molar-refractivity contribution in [3.63, 3.8) is 0 Å². The van der Waals surface area contributed by atoms with Crippen molar-refractivity contribution in [2.75, 3.05) is 26.8 Å². The Balaban J connectivity index is 2.33. The van der Waals surface area contributed by atoms with E-state index in [2.05, 4.69) is 0 Å². The largest absolute Gasteiger partial charge is 0.377 e. The van der Waals surface area contributed by atoms with Gasteiger partial charge in [0.05, 0.1) is 6.54 Å². The standard InChI is InChI=1S/C9H15NO3/c1-13-7-8(11)6-10-5-3-2-4-9(10)12/h2-7H2,1H3. The van der Waals surface area contributed by atoms with Crippen LogP contribution in [0.25, 0.3) is 0 Å². The number of amides is 1. The zero-order chi connectivity index (χ0) is 9.68. The van der Waals surface area contributed by atoms with Gasteiger partial charge in [0, 0.05) is 20.1 Å². The maximum atomic E-state index is 11.3. The lowest BCUT2D eigenvalue weighted by molar-refractivity contribution is -0.138. The predicted octanol–water partition coefficient (Wildman–Crippen LogP) is 0.214. The SMILES string of the molecule is COCC(=O)CN1CCCCC1=O. The van der Waals surface area contributed by atoms with Gasteiger partial charge in [-0.15, -0.1) is 0 Å². The monoisotopic (exact) mass is 185 g/mol. The van der Waals surface area contributed by atoms with Gasteiger partial charge in [-0.05, 0) is 12.8 Å². The predicted molar refractivity (Wildman–Crippen MR) is 47.3 cm³/mol. The molecule has 0 atom stereocenters. The van der Waals surface area contributed by atoms with Crippen LogP contribution in [0.2, 0.25) is 0 Å². The molecule has 1 amide bonds. The molecule has 4 nitrogen and oxygen atoms in total. The van der Waals surface area contributed by atoms with Crippen molar-refractivity contribution in [1.29, 1.82) is 0 Å². The Kier molecular flexibility index (Phi) is 3.89. The minimum atomic E-state index is -0.0299. The van der Waals surface area contributed by atoms with Crippen molar-refractivity contribution in [1.82, 2.24) is 4.90 Å². The summed E-state index contributed by atoms with van der Waals surface area (Å²) in [6.45, 7) is 1.03. The van der Waals surface area contributed by atoms with Crippen LogP contribution in [0, 0.1) is 0 Å². The molecule has 1 fully saturated rings. The third-order valence-electron chi connectivity index (χ3n) is 2.09. The molecule has 0 aromatic rings. The molecule has 0 aromatic heterocycles. The second-order valence-electron chi connectivity index (χ2n) is 3.24. The minimum absolute atomic E-state index is 0.0299. The van der Waals surface area contributed by atoms with Crippen molar-refractivity contribution in [3.8, 4) is 0 Å². The highest BCUT2D eigenvalue weighted by atomic mass is 16.5. The Hall–Kier alpha value is -0.900. The van der Waals surface area contributed by atoms with E-state index in [9.17, 15) is 9.59 Å². The first-order valence-electron chi connectivity index (χ1n) is 4.52. The Labute approximate surface area is 77.8 Å². The van der Waals surface area contributed by atoms with E-state index < -0.39 is 0 Å². The zero-order valence-corrected chi connectivity index (χ0v) is 7.91. The molecule has 0 N–H and O–H groups in total. The lowest BCUT2D eigenvalue weighted by Gasteiger charge is -2.25. The smallest absolute Gasteiger partial charge is 0.222 e. The van der Waals surface area contributed by atoms with E-state index >= 15 is 0 Å². The van der Waals surface area contributed by atoms with E-state index in [1.165, 1.54) is 7.11 Å². The summed E-state index contributed by atoms with van der Waals surface area (Å²) in [4.78, 5) is 24.0. The van der Waals surface area contributed by atoms with Crippen molar-refractivity contribution < 1.29 is 14.3 Å². The summed E-state index contributed by atoms with van der Waals surface area (Å²) in [5, 5.41) is 0.